The molecule has 4 rings (SSSR count). The number of carbonyl (C=O) groups is 1. The summed E-state index contributed by atoms with van der Waals surface area (Å²) in [7, 11) is 3.81. The third-order valence-corrected chi connectivity index (χ3v) is 5.76. The zero-order valence-electron chi connectivity index (χ0n) is 16.0. The van der Waals surface area contributed by atoms with Gasteiger partial charge in [0, 0.05) is 38.4 Å². The number of rotatable bonds is 5. The summed E-state index contributed by atoms with van der Waals surface area (Å²) in [5, 5.41) is 0. The third kappa shape index (κ3) is 3.57. The molecule has 5 nitrogen and oxygen atoms in total. The second-order valence-corrected chi connectivity index (χ2v) is 7.47. The summed E-state index contributed by atoms with van der Waals surface area (Å²) in [6.45, 7) is 5.03. The molecule has 2 aromatic rings. The van der Waals surface area contributed by atoms with Gasteiger partial charge in [0.15, 0.2) is 0 Å². The van der Waals surface area contributed by atoms with Crippen molar-refractivity contribution in [1.29, 1.82) is 0 Å². The van der Waals surface area contributed by atoms with Crippen molar-refractivity contribution in [3.63, 3.8) is 0 Å². The van der Waals surface area contributed by atoms with Gasteiger partial charge in [-0.15, -0.1) is 0 Å². The Morgan fingerprint density at radius 1 is 0.963 bits per heavy atom. The highest BCUT2D eigenvalue weighted by Crippen LogP contribution is 2.44. The highest BCUT2D eigenvalue weighted by molar-refractivity contribution is 6.03. The fourth-order valence-electron chi connectivity index (χ4n) is 4.10. The summed E-state index contributed by atoms with van der Waals surface area (Å²) in [4.78, 5) is 19.8. The Hall–Kier alpha value is -2.37. The maximum atomic E-state index is 13.1. The molecule has 0 bridgehead atoms. The molecule has 5 heteroatoms. The van der Waals surface area contributed by atoms with Crippen molar-refractivity contribution in [2.24, 2.45) is 5.92 Å². The molecule has 2 saturated heterocycles. The van der Waals surface area contributed by atoms with Crippen LogP contribution >= 0.6 is 0 Å². The number of β-lactam (4-membered cyclic amide) rings is 1. The summed E-state index contributed by atoms with van der Waals surface area (Å²) in [6.07, 6.45) is 0. The van der Waals surface area contributed by atoms with E-state index in [-0.39, 0.29) is 17.9 Å². The van der Waals surface area contributed by atoms with E-state index in [4.69, 9.17) is 4.74 Å². The van der Waals surface area contributed by atoms with E-state index >= 15 is 0 Å². The van der Waals surface area contributed by atoms with E-state index in [9.17, 15) is 4.79 Å². The zero-order chi connectivity index (χ0) is 18.8. The van der Waals surface area contributed by atoms with Crippen LogP contribution in [0.4, 0.5) is 5.69 Å². The number of ether oxygens (including phenoxy) is 1. The van der Waals surface area contributed by atoms with Crippen LogP contribution in [-0.4, -0.2) is 62.6 Å². The molecule has 2 aromatic carbocycles. The topological polar surface area (TPSA) is 36.0 Å². The Balaban J connectivity index is 1.57. The van der Waals surface area contributed by atoms with Gasteiger partial charge in [0.1, 0.15) is 5.75 Å². The minimum absolute atomic E-state index is 0.0120. The van der Waals surface area contributed by atoms with Crippen molar-refractivity contribution < 1.29 is 9.53 Å². The molecule has 2 heterocycles. The number of hydrogen-bond acceptors (Lipinski definition) is 4. The summed E-state index contributed by atoms with van der Waals surface area (Å²) < 4.78 is 5.26. The first-order chi connectivity index (χ1) is 13.2. The van der Waals surface area contributed by atoms with Crippen molar-refractivity contribution in [2.45, 2.75) is 6.04 Å². The molecular weight excluding hydrogens is 338 g/mol. The average Bonchev–Trinajstić information content (AvgIpc) is 2.72. The molecule has 0 spiro atoms. The Labute approximate surface area is 161 Å². The van der Waals surface area contributed by atoms with Crippen molar-refractivity contribution in [3.8, 4) is 5.75 Å². The molecule has 2 atom stereocenters. The average molecular weight is 365 g/mol. The molecule has 2 fully saturated rings. The smallest absolute Gasteiger partial charge is 0.234 e. The zero-order valence-corrected chi connectivity index (χ0v) is 16.0. The quantitative estimate of drug-likeness (QED) is 0.764. The van der Waals surface area contributed by atoms with Crippen LogP contribution in [0.1, 0.15) is 11.6 Å². The second-order valence-electron chi connectivity index (χ2n) is 7.47. The molecule has 0 N–H and O–H groups in total. The molecule has 0 radical (unpaired) electrons. The Morgan fingerprint density at radius 3 is 2.26 bits per heavy atom. The van der Waals surface area contributed by atoms with Crippen molar-refractivity contribution in [2.75, 3.05) is 51.8 Å². The van der Waals surface area contributed by atoms with Crippen molar-refractivity contribution in [3.05, 3.63) is 60.2 Å². The van der Waals surface area contributed by atoms with Crippen LogP contribution in [0.5, 0.6) is 5.75 Å². The summed E-state index contributed by atoms with van der Waals surface area (Å²) in [6, 6.07) is 18.3. The number of piperazine rings is 1. The highest BCUT2D eigenvalue weighted by atomic mass is 16.5. The summed E-state index contributed by atoms with van der Waals surface area (Å²) >= 11 is 0. The molecule has 2 aliphatic heterocycles. The lowest BCUT2D eigenvalue weighted by Crippen LogP contribution is -2.60. The second kappa shape index (κ2) is 7.71. The predicted molar refractivity (Wildman–Crippen MR) is 107 cm³/mol. The van der Waals surface area contributed by atoms with Gasteiger partial charge in [0.05, 0.1) is 19.1 Å². The SMILES string of the molecule is COc1ccc(N2C(=O)[C@H](CN3CCN(C)CC3)[C@@H]2c2ccccc2)cc1. The molecule has 0 saturated carbocycles. The van der Waals surface area contributed by atoms with Crippen molar-refractivity contribution in [1.82, 2.24) is 9.80 Å². The van der Waals surface area contributed by atoms with Gasteiger partial charge in [-0.2, -0.15) is 0 Å². The van der Waals surface area contributed by atoms with Crippen LogP contribution in [0.25, 0.3) is 0 Å². The predicted octanol–water partition coefficient (Wildman–Crippen LogP) is 2.65. The summed E-state index contributed by atoms with van der Waals surface area (Å²) in [5.41, 5.74) is 2.14. The van der Waals surface area contributed by atoms with Gasteiger partial charge in [-0.25, -0.2) is 0 Å². The molecule has 1 amide bonds. The number of anilines is 1. The number of carbonyl (C=O) groups excluding carboxylic acids is 1. The van der Waals surface area contributed by atoms with Crippen LogP contribution in [0.15, 0.2) is 54.6 Å². The molecule has 0 aromatic heterocycles. The standard InChI is InChI=1S/C22H27N3O2/c1-23-12-14-24(15-13-23)16-20-21(17-6-4-3-5-7-17)25(22(20)26)18-8-10-19(27-2)11-9-18/h3-11,20-21H,12-16H2,1-2H3/t20-,21+/m1/s1. The first-order valence-electron chi connectivity index (χ1n) is 9.60. The Kier molecular flexibility index (Phi) is 5.14. The minimum Gasteiger partial charge on any atom is -0.497 e. The number of amides is 1. The lowest BCUT2D eigenvalue weighted by molar-refractivity contribution is -0.131. The van der Waals surface area contributed by atoms with Gasteiger partial charge in [-0.1, -0.05) is 30.3 Å². The van der Waals surface area contributed by atoms with Gasteiger partial charge in [-0.3, -0.25) is 9.69 Å². The number of methoxy groups -OCH3 is 1. The van der Waals surface area contributed by atoms with E-state index in [1.165, 1.54) is 5.56 Å². The van der Waals surface area contributed by atoms with Crippen LogP contribution < -0.4 is 9.64 Å². The van der Waals surface area contributed by atoms with Gasteiger partial charge < -0.3 is 14.5 Å². The van der Waals surface area contributed by atoms with Crippen LogP contribution in [-0.2, 0) is 4.79 Å². The Morgan fingerprint density at radius 2 is 1.63 bits per heavy atom. The van der Waals surface area contributed by atoms with Gasteiger partial charge in [0.25, 0.3) is 0 Å². The normalized spacial score (nSPS) is 23.9. The van der Waals surface area contributed by atoms with E-state index < -0.39 is 0 Å². The molecular formula is C22H27N3O2. The fourth-order valence-corrected chi connectivity index (χ4v) is 4.10. The lowest BCUT2D eigenvalue weighted by atomic mass is 9.81. The van der Waals surface area contributed by atoms with Crippen molar-refractivity contribution >= 4 is 11.6 Å². The van der Waals surface area contributed by atoms with E-state index in [1.54, 1.807) is 7.11 Å². The molecule has 0 unspecified atom stereocenters. The van der Waals surface area contributed by atoms with Crippen LogP contribution in [0.2, 0.25) is 0 Å². The summed E-state index contributed by atoms with van der Waals surface area (Å²) in [5.74, 6) is 1.03. The number of hydrogen-bond donors (Lipinski definition) is 0. The first-order valence-corrected chi connectivity index (χ1v) is 9.60. The number of benzene rings is 2. The third-order valence-electron chi connectivity index (χ3n) is 5.76. The van der Waals surface area contributed by atoms with Gasteiger partial charge in [0.2, 0.25) is 5.91 Å². The Bertz CT molecular complexity index is 770. The minimum atomic E-state index is 0.0120. The maximum absolute atomic E-state index is 13.1. The molecule has 142 valence electrons. The van der Waals surface area contributed by atoms with Crippen LogP contribution in [0, 0.1) is 5.92 Å². The lowest BCUT2D eigenvalue weighted by Gasteiger charge is -2.49. The highest BCUT2D eigenvalue weighted by Gasteiger charge is 2.49. The van der Waals surface area contributed by atoms with E-state index in [0.29, 0.717) is 0 Å². The van der Waals surface area contributed by atoms with E-state index in [0.717, 1.165) is 44.2 Å². The maximum Gasteiger partial charge on any atom is 0.234 e. The fraction of sp³-hybridized carbons (Fsp3) is 0.409. The van der Waals surface area contributed by atoms with Gasteiger partial charge >= 0.3 is 0 Å². The number of likely N-dealkylation sites (N-methyl/N-ethyl adjacent to an activating group) is 1. The van der Waals surface area contributed by atoms with E-state index in [2.05, 4.69) is 41.1 Å². The largest absolute Gasteiger partial charge is 0.497 e. The van der Waals surface area contributed by atoms with Crippen LogP contribution in [0.3, 0.4) is 0 Å². The molecule has 0 aliphatic carbocycles. The van der Waals surface area contributed by atoms with E-state index in [1.807, 2.05) is 35.2 Å². The number of nitrogens with zero attached hydrogens (tertiary/aromatic N) is 3. The first kappa shape index (κ1) is 18.0. The monoisotopic (exact) mass is 365 g/mol. The molecule has 27 heavy (non-hydrogen) atoms. The van der Waals surface area contributed by atoms with Gasteiger partial charge in [-0.05, 0) is 36.9 Å². The molecule has 2 aliphatic rings.